The van der Waals surface area contributed by atoms with Gasteiger partial charge in [0, 0.05) is 5.56 Å². The fraction of sp³-hybridized carbons (Fsp3) is 0.312. The number of hydrogen-bond acceptors (Lipinski definition) is 7. The van der Waals surface area contributed by atoms with Crippen LogP contribution in [0.1, 0.15) is 17.4 Å². The summed E-state index contributed by atoms with van der Waals surface area (Å²) in [5, 5.41) is 20.9. The van der Waals surface area contributed by atoms with Gasteiger partial charge in [0.15, 0.2) is 34.9 Å². The quantitative estimate of drug-likeness (QED) is 0.719. The normalized spacial score (nSPS) is 15.3. The van der Waals surface area contributed by atoms with Gasteiger partial charge < -0.3 is 29.4 Å². The molecular formula is C16H16N2O7. The van der Waals surface area contributed by atoms with Crippen LogP contribution in [0, 0.1) is 0 Å². The SMILES string of the molecule is CC(O)(CNC(=O)c1ncoc1-c1ccc2c(c1)OCCO2)C(=O)O. The molecule has 9 heteroatoms. The summed E-state index contributed by atoms with van der Waals surface area (Å²) < 4.78 is 16.2. The van der Waals surface area contributed by atoms with Gasteiger partial charge in [-0.1, -0.05) is 0 Å². The highest BCUT2D eigenvalue weighted by atomic mass is 16.6. The monoisotopic (exact) mass is 348 g/mol. The molecule has 2 heterocycles. The van der Waals surface area contributed by atoms with E-state index in [1.165, 1.54) is 0 Å². The van der Waals surface area contributed by atoms with E-state index in [2.05, 4.69) is 10.3 Å². The molecule has 1 atom stereocenters. The molecule has 0 saturated heterocycles. The highest BCUT2D eigenvalue weighted by molar-refractivity contribution is 5.98. The number of hydrogen-bond donors (Lipinski definition) is 3. The molecule has 1 aliphatic rings. The molecule has 2 aromatic rings. The predicted molar refractivity (Wildman–Crippen MR) is 83.5 cm³/mol. The Labute approximate surface area is 142 Å². The Balaban J connectivity index is 1.81. The summed E-state index contributed by atoms with van der Waals surface area (Å²) in [4.78, 5) is 27.0. The average molecular weight is 348 g/mol. The number of amides is 1. The van der Waals surface area contributed by atoms with Crippen LogP contribution in [0.2, 0.25) is 0 Å². The van der Waals surface area contributed by atoms with Crippen molar-refractivity contribution in [3.05, 3.63) is 30.3 Å². The molecule has 1 unspecified atom stereocenters. The molecule has 1 amide bonds. The van der Waals surface area contributed by atoms with Gasteiger partial charge in [0.05, 0.1) is 6.54 Å². The molecule has 1 aliphatic heterocycles. The van der Waals surface area contributed by atoms with E-state index in [0.717, 1.165) is 13.3 Å². The number of carbonyl (C=O) groups excluding carboxylic acids is 1. The molecule has 0 saturated carbocycles. The maximum absolute atomic E-state index is 12.3. The first kappa shape index (κ1) is 16.8. The molecule has 0 aliphatic carbocycles. The average Bonchev–Trinajstić information content (AvgIpc) is 3.09. The minimum Gasteiger partial charge on any atom is -0.486 e. The number of rotatable bonds is 5. The van der Waals surface area contributed by atoms with Crippen LogP contribution < -0.4 is 14.8 Å². The van der Waals surface area contributed by atoms with E-state index in [9.17, 15) is 14.7 Å². The maximum Gasteiger partial charge on any atom is 0.337 e. The minimum absolute atomic E-state index is 0.0298. The Morgan fingerprint density at radius 3 is 2.72 bits per heavy atom. The van der Waals surface area contributed by atoms with E-state index in [-0.39, 0.29) is 11.5 Å². The lowest BCUT2D eigenvalue weighted by Crippen LogP contribution is -2.46. The van der Waals surface area contributed by atoms with E-state index in [1.807, 2.05) is 0 Å². The van der Waals surface area contributed by atoms with Gasteiger partial charge in [0.25, 0.3) is 5.91 Å². The number of carboxylic acids is 1. The van der Waals surface area contributed by atoms with Gasteiger partial charge in [-0.05, 0) is 25.1 Å². The van der Waals surface area contributed by atoms with Crippen molar-refractivity contribution in [3.8, 4) is 22.8 Å². The van der Waals surface area contributed by atoms with Crippen LogP contribution in [0.15, 0.2) is 29.0 Å². The molecule has 3 N–H and O–H groups in total. The summed E-state index contributed by atoms with van der Waals surface area (Å²) in [5.74, 6) is -0.789. The van der Waals surface area contributed by atoms with Crippen LogP contribution in [0.3, 0.4) is 0 Å². The van der Waals surface area contributed by atoms with Crippen LogP contribution in [0.4, 0.5) is 0 Å². The van der Waals surface area contributed by atoms with Crippen molar-refractivity contribution in [2.75, 3.05) is 19.8 Å². The Hall–Kier alpha value is -3.07. The van der Waals surface area contributed by atoms with Crippen molar-refractivity contribution in [3.63, 3.8) is 0 Å². The number of fused-ring (bicyclic) bond motifs is 1. The van der Waals surface area contributed by atoms with E-state index in [1.54, 1.807) is 18.2 Å². The van der Waals surface area contributed by atoms with Crippen LogP contribution in [0.25, 0.3) is 11.3 Å². The lowest BCUT2D eigenvalue weighted by Gasteiger charge is -2.19. The van der Waals surface area contributed by atoms with Crippen molar-refractivity contribution >= 4 is 11.9 Å². The van der Waals surface area contributed by atoms with Gasteiger partial charge in [-0.3, -0.25) is 4.79 Å². The molecule has 0 bridgehead atoms. The highest BCUT2D eigenvalue weighted by Crippen LogP contribution is 2.35. The molecule has 132 valence electrons. The van der Waals surface area contributed by atoms with Gasteiger partial charge in [-0.15, -0.1) is 0 Å². The van der Waals surface area contributed by atoms with E-state index in [4.69, 9.17) is 19.0 Å². The van der Waals surface area contributed by atoms with Crippen molar-refractivity contribution in [1.29, 1.82) is 0 Å². The molecule has 0 spiro atoms. The van der Waals surface area contributed by atoms with Crippen LogP contribution in [-0.4, -0.2) is 52.4 Å². The zero-order valence-electron chi connectivity index (χ0n) is 13.3. The number of carbonyl (C=O) groups is 2. The third-order valence-electron chi connectivity index (χ3n) is 3.64. The standard InChI is InChI=1S/C16H16N2O7/c1-16(22,15(20)21)7-17-14(19)12-13(25-8-18-12)9-2-3-10-11(6-9)24-5-4-23-10/h2-3,6,8,22H,4-5,7H2,1H3,(H,17,19)(H,20,21). The van der Waals surface area contributed by atoms with Crippen molar-refractivity contribution in [2.24, 2.45) is 0 Å². The summed E-state index contributed by atoms with van der Waals surface area (Å²) in [7, 11) is 0. The second-order valence-corrected chi connectivity index (χ2v) is 5.65. The number of nitrogens with zero attached hydrogens (tertiary/aromatic N) is 1. The molecular weight excluding hydrogens is 332 g/mol. The Morgan fingerprint density at radius 2 is 2.00 bits per heavy atom. The summed E-state index contributed by atoms with van der Waals surface area (Å²) in [5.41, 5.74) is -1.56. The number of benzene rings is 1. The van der Waals surface area contributed by atoms with E-state index in [0.29, 0.717) is 30.3 Å². The first-order valence-electron chi connectivity index (χ1n) is 7.46. The van der Waals surface area contributed by atoms with Gasteiger partial charge in [0.2, 0.25) is 0 Å². The van der Waals surface area contributed by atoms with Crippen LogP contribution >= 0.6 is 0 Å². The maximum atomic E-state index is 12.3. The fourth-order valence-electron chi connectivity index (χ4n) is 2.21. The molecule has 1 aromatic heterocycles. The number of ether oxygens (including phenoxy) is 2. The number of carboxylic acid groups (broad SMARTS) is 1. The molecule has 1 aromatic carbocycles. The van der Waals surface area contributed by atoms with Crippen molar-refractivity contribution in [2.45, 2.75) is 12.5 Å². The molecule has 9 nitrogen and oxygen atoms in total. The number of aliphatic hydroxyl groups is 1. The second kappa shape index (κ2) is 6.44. The Morgan fingerprint density at radius 1 is 1.28 bits per heavy atom. The Bertz CT molecular complexity index is 813. The summed E-state index contributed by atoms with van der Waals surface area (Å²) in [6, 6.07) is 5.06. The van der Waals surface area contributed by atoms with Gasteiger partial charge in [-0.2, -0.15) is 0 Å². The largest absolute Gasteiger partial charge is 0.486 e. The van der Waals surface area contributed by atoms with Gasteiger partial charge >= 0.3 is 5.97 Å². The minimum atomic E-state index is -2.09. The highest BCUT2D eigenvalue weighted by Gasteiger charge is 2.31. The summed E-state index contributed by atoms with van der Waals surface area (Å²) >= 11 is 0. The summed E-state index contributed by atoms with van der Waals surface area (Å²) in [6.45, 7) is 1.49. The number of nitrogens with one attached hydrogen (secondary N) is 1. The lowest BCUT2D eigenvalue weighted by molar-refractivity contribution is -0.155. The summed E-state index contributed by atoms with van der Waals surface area (Å²) in [6.07, 6.45) is 1.11. The van der Waals surface area contributed by atoms with Gasteiger partial charge in [-0.25, -0.2) is 9.78 Å². The number of aromatic nitrogens is 1. The molecule has 3 rings (SSSR count). The smallest absolute Gasteiger partial charge is 0.337 e. The van der Waals surface area contributed by atoms with Crippen LogP contribution in [-0.2, 0) is 4.79 Å². The van der Waals surface area contributed by atoms with Gasteiger partial charge in [0.1, 0.15) is 13.2 Å². The molecule has 0 fully saturated rings. The Kier molecular flexibility index (Phi) is 4.32. The topological polar surface area (TPSA) is 131 Å². The first-order chi connectivity index (χ1) is 11.9. The molecule has 0 radical (unpaired) electrons. The number of aliphatic carboxylic acids is 1. The predicted octanol–water partition coefficient (Wildman–Crippen LogP) is 0.678. The van der Waals surface area contributed by atoms with E-state index < -0.39 is 24.0 Å². The number of oxazole rings is 1. The third-order valence-corrected chi connectivity index (χ3v) is 3.64. The third kappa shape index (κ3) is 3.41. The first-order valence-corrected chi connectivity index (χ1v) is 7.46. The van der Waals surface area contributed by atoms with Crippen LogP contribution in [0.5, 0.6) is 11.5 Å². The zero-order valence-corrected chi connectivity index (χ0v) is 13.3. The van der Waals surface area contributed by atoms with Crippen molar-refractivity contribution in [1.82, 2.24) is 10.3 Å². The van der Waals surface area contributed by atoms with Crippen molar-refractivity contribution < 1.29 is 33.7 Å². The lowest BCUT2D eigenvalue weighted by atomic mass is 10.1. The zero-order chi connectivity index (χ0) is 18.0. The van der Waals surface area contributed by atoms with E-state index >= 15 is 0 Å². The fourth-order valence-corrected chi connectivity index (χ4v) is 2.21. The molecule has 25 heavy (non-hydrogen) atoms. The second-order valence-electron chi connectivity index (χ2n) is 5.65.